The van der Waals surface area contributed by atoms with Crippen molar-refractivity contribution < 1.29 is 14.6 Å². The number of fused-ring (bicyclic) bond motifs is 2. The van der Waals surface area contributed by atoms with Crippen LogP contribution in [0.15, 0.2) is 12.1 Å². The molecule has 0 unspecified atom stereocenters. The van der Waals surface area contributed by atoms with Gasteiger partial charge in [0.15, 0.2) is 0 Å². The van der Waals surface area contributed by atoms with E-state index in [1.54, 1.807) is 7.11 Å². The van der Waals surface area contributed by atoms with Crippen LogP contribution in [0.2, 0.25) is 5.02 Å². The van der Waals surface area contributed by atoms with E-state index in [-0.39, 0.29) is 11.5 Å². The molecule has 114 valence electrons. The van der Waals surface area contributed by atoms with Crippen molar-refractivity contribution in [2.24, 2.45) is 5.92 Å². The number of nitrogens with one attached hydrogen (secondary N) is 1. The summed E-state index contributed by atoms with van der Waals surface area (Å²) in [6.07, 6.45) is 4.01. The highest BCUT2D eigenvalue weighted by Crippen LogP contribution is 2.45. The van der Waals surface area contributed by atoms with Gasteiger partial charge in [0.1, 0.15) is 5.75 Å². The van der Waals surface area contributed by atoms with Crippen molar-refractivity contribution in [3.8, 4) is 5.75 Å². The molecule has 1 spiro atoms. The third-order valence-electron chi connectivity index (χ3n) is 4.97. The highest BCUT2D eigenvalue weighted by Gasteiger charge is 2.42. The molecule has 0 radical (unpaired) electrons. The molecule has 1 saturated carbocycles. The molecule has 1 aliphatic heterocycles. The Morgan fingerprint density at radius 3 is 2.76 bits per heavy atom. The fourth-order valence-corrected chi connectivity index (χ4v) is 4.11. The normalized spacial score (nSPS) is 28.2. The van der Waals surface area contributed by atoms with Gasteiger partial charge in [-0.05, 0) is 49.3 Å². The highest BCUT2D eigenvalue weighted by atomic mass is 35.5. The third kappa shape index (κ3) is 2.40. The number of halogens is 1. The molecule has 1 fully saturated rings. The molecule has 1 aliphatic carbocycles. The number of benzene rings is 1. The maximum absolute atomic E-state index is 11.2. The largest absolute Gasteiger partial charge is 0.495 e. The number of methoxy groups -OCH3 is 1. The first kappa shape index (κ1) is 14.7. The monoisotopic (exact) mass is 309 g/mol. The Hall–Kier alpha value is -1.26. The van der Waals surface area contributed by atoms with Crippen LogP contribution in [-0.4, -0.2) is 24.7 Å². The Balaban J connectivity index is 1.95. The van der Waals surface area contributed by atoms with Crippen LogP contribution in [0.5, 0.6) is 5.75 Å². The molecule has 0 saturated heterocycles. The number of carboxylic acids is 1. The maximum atomic E-state index is 11.2. The summed E-state index contributed by atoms with van der Waals surface area (Å²) in [7, 11) is 1.63. The number of ether oxygens (including phenoxy) is 1. The van der Waals surface area contributed by atoms with Gasteiger partial charge in [-0.2, -0.15) is 0 Å². The van der Waals surface area contributed by atoms with Crippen molar-refractivity contribution in [1.82, 2.24) is 5.32 Å². The summed E-state index contributed by atoms with van der Waals surface area (Å²) in [6.45, 7) is 0.873. The summed E-state index contributed by atoms with van der Waals surface area (Å²) in [4.78, 5) is 11.2. The lowest BCUT2D eigenvalue weighted by atomic mass is 9.69. The predicted molar refractivity (Wildman–Crippen MR) is 81.0 cm³/mol. The average molecular weight is 310 g/mol. The Morgan fingerprint density at radius 1 is 1.43 bits per heavy atom. The second kappa shape index (κ2) is 5.50. The quantitative estimate of drug-likeness (QED) is 0.882. The lowest BCUT2D eigenvalue weighted by Gasteiger charge is -2.44. The van der Waals surface area contributed by atoms with Gasteiger partial charge in [0, 0.05) is 12.1 Å². The predicted octanol–water partition coefficient (Wildman–Crippen LogP) is 2.96. The minimum absolute atomic E-state index is 0.116. The Kier molecular flexibility index (Phi) is 3.84. The van der Waals surface area contributed by atoms with Crippen LogP contribution < -0.4 is 10.1 Å². The summed E-state index contributed by atoms with van der Waals surface area (Å²) in [5.74, 6) is -0.170. The fourth-order valence-electron chi connectivity index (χ4n) is 3.78. The molecule has 0 bridgehead atoms. The molecule has 1 aromatic carbocycles. The zero-order valence-corrected chi connectivity index (χ0v) is 12.9. The average Bonchev–Trinajstić information content (AvgIpc) is 2.49. The summed E-state index contributed by atoms with van der Waals surface area (Å²) in [5.41, 5.74) is 2.27. The summed E-state index contributed by atoms with van der Waals surface area (Å²) >= 11 is 6.46. The van der Waals surface area contributed by atoms with Gasteiger partial charge in [0.05, 0.1) is 18.1 Å². The van der Waals surface area contributed by atoms with Gasteiger partial charge in [-0.25, -0.2) is 0 Å². The smallest absolute Gasteiger partial charge is 0.306 e. The molecule has 4 nitrogen and oxygen atoms in total. The number of rotatable bonds is 2. The number of aliphatic carboxylic acids is 1. The Bertz CT molecular complexity index is 565. The lowest BCUT2D eigenvalue weighted by Crippen LogP contribution is -2.50. The molecule has 21 heavy (non-hydrogen) atoms. The van der Waals surface area contributed by atoms with Crippen LogP contribution in [0.1, 0.15) is 36.8 Å². The second-order valence-electron chi connectivity index (χ2n) is 5.98. The van der Waals surface area contributed by atoms with Gasteiger partial charge in [0.25, 0.3) is 0 Å². The molecule has 1 heterocycles. The van der Waals surface area contributed by atoms with Gasteiger partial charge in [-0.15, -0.1) is 0 Å². The second-order valence-corrected chi connectivity index (χ2v) is 6.36. The van der Waals surface area contributed by atoms with E-state index in [9.17, 15) is 9.90 Å². The summed E-state index contributed by atoms with van der Waals surface area (Å²) in [5, 5.41) is 13.5. The molecule has 0 aromatic heterocycles. The van der Waals surface area contributed by atoms with E-state index in [2.05, 4.69) is 11.4 Å². The van der Waals surface area contributed by atoms with E-state index < -0.39 is 5.97 Å². The van der Waals surface area contributed by atoms with Gasteiger partial charge in [-0.1, -0.05) is 17.7 Å². The van der Waals surface area contributed by atoms with Crippen LogP contribution in [-0.2, 0) is 16.8 Å². The van der Waals surface area contributed by atoms with Gasteiger partial charge < -0.3 is 15.2 Å². The summed E-state index contributed by atoms with van der Waals surface area (Å²) in [6, 6.07) is 4.01. The zero-order valence-electron chi connectivity index (χ0n) is 12.1. The van der Waals surface area contributed by atoms with Crippen LogP contribution >= 0.6 is 11.6 Å². The van der Waals surface area contributed by atoms with E-state index in [1.165, 1.54) is 5.56 Å². The minimum atomic E-state index is -0.673. The third-order valence-corrected chi connectivity index (χ3v) is 5.38. The van der Waals surface area contributed by atoms with Crippen molar-refractivity contribution in [3.63, 3.8) is 0 Å². The number of carboxylic acid groups (broad SMARTS) is 1. The molecular formula is C16H20ClNO3. The SMILES string of the molecule is COc1ccc2c(c1Cl)CCNC21CCC(C(=O)O)CC1. The van der Waals surface area contributed by atoms with Crippen molar-refractivity contribution in [2.75, 3.05) is 13.7 Å². The number of hydrogen-bond donors (Lipinski definition) is 2. The molecule has 5 heteroatoms. The van der Waals surface area contributed by atoms with Crippen LogP contribution in [0.25, 0.3) is 0 Å². The van der Waals surface area contributed by atoms with Crippen LogP contribution in [0.3, 0.4) is 0 Å². The van der Waals surface area contributed by atoms with E-state index >= 15 is 0 Å². The first-order chi connectivity index (χ1) is 10.1. The molecule has 0 amide bonds. The van der Waals surface area contributed by atoms with Crippen molar-refractivity contribution in [2.45, 2.75) is 37.6 Å². The van der Waals surface area contributed by atoms with Gasteiger partial charge >= 0.3 is 5.97 Å². The van der Waals surface area contributed by atoms with Gasteiger partial charge in [-0.3, -0.25) is 4.79 Å². The topological polar surface area (TPSA) is 58.6 Å². The highest BCUT2D eigenvalue weighted by molar-refractivity contribution is 6.33. The molecule has 3 rings (SSSR count). The van der Waals surface area contributed by atoms with Crippen molar-refractivity contribution in [1.29, 1.82) is 0 Å². The van der Waals surface area contributed by atoms with E-state index in [0.717, 1.165) is 31.4 Å². The van der Waals surface area contributed by atoms with Gasteiger partial charge in [0.2, 0.25) is 0 Å². The Morgan fingerprint density at radius 2 is 2.14 bits per heavy atom. The lowest BCUT2D eigenvalue weighted by molar-refractivity contribution is -0.143. The zero-order chi connectivity index (χ0) is 15.0. The molecular weight excluding hydrogens is 290 g/mol. The van der Waals surface area contributed by atoms with Crippen molar-refractivity contribution in [3.05, 3.63) is 28.3 Å². The summed E-state index contributed by atoms with van der Waals surface area (Å²) < 4.78 is 5.31. The van der Waals surface area contributed by atoms with Crippen LogP contribution in [0, 0.1) is 5.92 Å². The maximum Gasteiger partial charge on any atom is 0.306 e. The molecule has 1 aromatic rings. The standard InChI is InChI=1S/C16H20ClNO3/c1-21-13-3-2-12-11(14(13)17)6-9-18-16(12)7-4-10(5-8-16)15(19)20/h2-3,10,18H,4-9H2,1H3,(H,19,20). The first-order valence-corrected chi connectivity index (χ1v) is 7.79. The van der Waals surface area contributed by atoms with E-state index in [1.807, 2.05) is 6.07 Å². The molecule has 2 aliphatic rings. The molecule has 2 N–H and O–H groups in total. The fraction of sp³-hybridized carbons (Fsp3) is 0.562. The minimum Gasteiger partial charge on any atom is -0.495 e. The number of carbonyl (C=O) groups is 1. The van der Waals surface area contributed by atoms with E-state index in [0.29, 0.717) is 23.6 Å². The van der Waals surface area contributed by atoms with Crippen molar-refractivity contribution >= 4 is 17.6 Å². The molecule has 0 atom stereocenters. The Labute approximate surface area is 129 Å². The van der Waals surface area contributed by atoms with E-state index in [4.69, 9.17) is 16.3 Å². The van der Waals surface area contributed by atoms with Crippen LogP contribution in [0.4, 0.5) is 0 Å². The first-order valence-electron chi connectivity index (χ1n) is 7.41. The number of hydrogen-bond acceptors (Lipinski definition) is 3.